The van der Waals surface area contributed by atoms with E-state index in [2.05, 4.69) is 0 Å². The maximum absolute atomic E-state index is 10.8. The van der Waals surface area contributed by atoms with Gasteiger partial charge in [-0.05, 0) is 38.3 Å². The number of nitrogens with zero attached hydrogens (tertiary/aromatic N) is 1. The van der Waals surface area contributed by atoms with Gasteiger partial charge in [-0.3, -0.25) is 15.5 Å². The van der Waals surface area contributed by atoms with Gasteiger partial charge in [-0.25, -0.2) is 0 Å². The lowest BCUT2D eigenvalue weighted by Crippen LogP contribution is -2.09. The molecule has 0 unspecified atom stereocenters. The average Bonchev–Trinajstić information content (AvgIpc) is 2.30. The predicted molar refractivity (Wildman–Crippen MR) is 73.8 cm³/mol. The van der Waals surface area contributed by atoms with Crippen molar-refractivity contribution in [2.75, 3.05) is 6.61 Å². The molecule has 0 fully saturated rings. The molecule has 0 saturated carbocycles. The van der Waals surface area contributed by atoms with E-state index in [1.54, 1.807) is 13.0 Å². The van der Waals surface area contributed by atoms with Gasteiger partial charge in [0, 0.05) is 12.0 Å². The fourth-order valence-corrected chi connectivity index (χ4v) is 1.77. The molecular weight excluding hydrogens is 246 g/mol. The number of rotatable bonds is 7. The second kappa shape index (κ2) is 6.72. The molecule has 0 spiro atoms. The Labute approximate surface area is 112 Å². The van der Waals surface area contributed by atoms with E-state index in [1.807, 2.05) is 6.92 Å². The second-order valence-electron chi connectivity index (χ2n) is 4.49. The highest BCUT2D eigenvalue weighted by Crippen LogP contribution is 2.28. The molecule has 0 aliphatic rings. The lowest BCUT2D eigenvalue weighted by atomic mass is 10.1. The Hall–Kier alpha value is -2.11. The van der Waals surface area contributed by atoms with Crippen LogP contribution in [0.4, 0.5) is 5.69 Å². The molecule has 19 heavy (non-hydrogen) atoms. The summed E-state index contributed by atoms with van der Waals surface area (Å²) in [6, 6.07) is 3.22. The van der Waals surface area contributed by atoms with Crippen molar-refractivity contribution in [2.45, 2.75) is 33.1 Å². The van der Waals surface area contributed by atoms with Gasteiger partial charge in [0.05, 0.1) is 23.4 Å². The Morgan fingerprint density at radius 3 is 2.63 bits per heavy atom. The van der Waals surface area contributed by atoms with Crippen LogP contribution in [-0.2, 0) is 0 Å². The van der Waals surface area contributed by atoms with Crippen LogP contribution in [0.1, 0.15) is 30.4 Å². The third-order valence-corrected chi connectivity index (χ3v) is 2.79. The van der Waals surface area contributed by atoms with Crippen molar-refractivity contribution in [3.63, 3.8) is 0 Å². The molecule has 0 aliphatic carbocycles. The first-order chi connectivity index (χ1) is 8.91. The SMILES string of the molecule is Cc1cc(C)c([N+](=O)[O-])cc1OCCCCC(=N)N. The van der Waals surface area contributed by atoms with Crippen LogP contribution in [-0.4, -0.2) is 17.4 Å². The van der Waals surface area contributed by atoms with Gasteiger partial charge in [-0.1, -0.05) is 0 Å². The molecule has 0 aliphatic heterocycles. The Morgan fingerprint density at radius 2 is 2.05 bits per heavy atom. The minimum absolute atomic E-state index is 0.0735. The first-order valence-electron chi connectivity index (χ1n) is 6.13. The highest BCUT2D eigenvalue weighted by atomic mass is 16.6. The standard InChI is InChI=1S/C13H19N3O3/c1-9-7-10(2)12(8-11(9)16(17)18)19-6-4-3-5-13(14)15/h7-8H,3-6H2,1-2H3,(H3,14,15). The maximum atomic E-state index is 10.8. The molecule has 1 aromatic carbocycles. The van der Waals surface area contributed by atoms with E-state index >= 15 is 0 Å². The number of amidine groups is 1. The van der Waals surface area contributed by atoms with E-state index in [0.717, 1.165) is 18.4 Å². The monoisotopic (exact) mass is 265 g/mol. The topological polar surface area (TPSA) is 102 Å². The molecule has 1 rings (SSSR count). The first kappa shape index (κ1) is 14.9. The van der Waals surface area contributed by atoms with Crippen molar-refractivity contribution in [1.82, 2.24) is 0 Å². The summed E-state index contributed by atoms with van der Waals surface area (Å²) in [6.45, 7) is 4.04. The molecule has 0 heterocycles. The minimum Gasteiger partial charge on any atom is -0.493 e. The van der Waals surface area contributed by atoms with Crippen LogP contribution in [0.25, 0.3) is 0 Å². The van der Waals surface area contributed by atoms with Crippen LogP contribution in [0.5, 0.6) is 5.75 Å². The van der Waals surface area contributed by atoms with E-state index in [-0.39, 0.29) is 11.5 Å². The van der Waals surface area contributed by atoms with E-state index in [4.69, 9.17) is 15.9 Å². The summed E-state index contributed by atoms with van der Waals surface area (Å²) in [5, 5.41) is 17.9. The number of benzene rings is 1. The maximum Gasteiger partial charge on any atom is 0.276 e. The van der Waals surface area contributed by atoms with Crippen LogP contribution >= 0.6 is 0 Å². The van der Waals surface area contributed by atoms with Crippen molar-refractivity contribution >= 4 is 11.5 Å². The van der Waals surface area contributed by atoms with E-state index in [1.165, 1.54) is 6.07 Å². The molecule has 6 heteroatoms. The fourth-order valence-electron chi connectivity index (χ4n) is 1.77. The summed E-state index contributed by atoms with van der Waals surface area (Å²) in [7, 11) is 0. The van der Waals surface area contributed by atoms with Crippen molar-refractivity contribution in [3.05, 3.63) is 33.4 Å². The lowest BCUT2D eigenvalue weighted by Gasteiger charge is -2.10. The Kier molecular flexibility index (Phi) is 5.29. The Balaban J connectivity index is 2.60. The van der Waals surface area contributed by atoms with Crippen LogP contribution < -0.4 is 10.5 Å². The van der Waals surface area contributed by atoms with Gasteiger partial charge in [0.25, 0.3) is 5.69 Å². The van der Waals surface area contributed by atoms with Gasteiger partial charge < -0.3 is 10.5 Å². The molecule has 0 bridgehead atoms. The van der Waals surface area contributed by atoms with E-state index in [9.17, 15) is 10.1 Å². The average molecular weight is 265 g/mol. The largest absolute Gasteiger partial charge is 0.493 e. The number of unbranched alkanes of at least 4 members (excludes halogenated alkanes) is 1. The molecule has 3 N–H and O–H groups in total. The highest BCUT2D eigenvalue weighted by Gasteiger charge is 2.14. The second-order valence-corrected chi connectivity index (χ2v) is 4.49. The zero-order valence-corrected chi connectivity index (χ0v) is 11.2. The van der Waals surface area contributed by atoms with Crippen molar-refractivity contribution in [2.24, 2.45) is 5.73 Å². The van der Waals surface area contributed by atoms with Gasteiger partial charge in [0.15, 0.2) is 0 Å². The van der Waals surface area contributed by atoms with Crippen molar-refractivity contribution in [1.29, 1.82) is 5.41 Å². The third-order valence-electron chi connectivity index (χ3n) is 2.79. The van der Waals surface area contributed by atoms with Crippen molar-refractivity contribution < 1.29 is 9.66 Å². The molecule has 0 aromatic heterocycles. The van der Waals surface area contributed by atoms with Gasteiger partial charge in [0.1, 0.15) is 5.75 Å². The van der Waals surface area contributed by atoms with Gasteiger partial charge in [0.2, 0.25) is 0 Å². The van der Waals surface area contributed by atoms with Crippen molar-refractivity contribution in [3.8, 4) is 5.75 Å². The third kappa shape index (κ3) is 4.57. The number of nitrogens with two attached hydrogens (primary N) is 1. The lowest BCUT2D eigenvalue weighted by molar-refractivity contribution is -0.385. The molecule has 1 aromatic rings. The number of ether oxygens (including phenoxy) is 1. The van der Waals surface area contributed by atoms with Crippen LogP contribution in [0.3, 0.4) is 0 Å². The minimum atomic E-state index is -0.405. The summed E-state index contributed by atoms with van der Waals surface area (Å²) < 4.78 is 5.55. The Bertz CT molecular complexity index is 486. The normalized spacial score (nSPS) is 10.2. The smallest absolute Gasteiger partial charge is 0.276 e. The van der Waals surface area contributed by atoms with Crippen LogP contribution in [0.15, 0.2) is 12.1 Å². The van der Waals surface area contributed by atoms with Crippen LogP contribution in [0, 0.1) is 29.4 Å². The van der Waals surface area contributed by atoms with E-state index < -0.39 is 4.92 Å². The fraction of sp³-hybridized carbons (Fsp3) is 0.462. The molecule has 0 saturated heterocycles. The summed E-state index contributed by atoms with van der Waals surface area (Å²) in [6.07, 6.45) is 2.10. The quantitative estimate of drug-likeness (QED) is 0.260. The highest BCUT2D eigenvalue weighted by molar-refractivity contribution is 5.76. The number of nitrogens with one attached hydrogen (secondary N) is 1. The van der Waals surface area contributed by atoms with Gasteiger partial charge in [-0.2, -0.15) is 0 Å². The molecule has 0 atom stereocenters. The number of hydrogen-bond acceptors (Lipinski definition) is 4. The number of hydrogen-bond donors (Lipinski definition) is 2. The number of nitro groups is 1. The van der Waals surface area contributed by atoms with Gasteiger partial charge in [-0.15, -0.1) is 0 Å². The number of nitro benzene ring substituents is 1. The number of aryl methyl sites for hydroxylation is 2. The van der Waals surface area contributed by atoms with E-state index in [0.29, 0.717) is 24.3 Å². The zero-order valence-electron chi connectivity index (χ0n) is 11.2. The predicted octanol–water partition coefficient (Wildman–Crippen LogP) is 2.70. The molecule has 0 amide bonds. The summed E-state index contributed by atoms with van der Waals surface area (Å²) in [5.41, 5.74) is 6.84. The molecule has 6 nitrogen and oxygen atoms in total. The zero-order chi connectivity index (χ0) is 14.4. The summed E-state index contributed by atoms with van der Waals surface area (Å²) >= 11 is 0. The molecule has 0 radical (unpaired) electrons. The first-order valence-corrected chi connectivity index (χ1v) is 6.13. The Morgan fingerprint density at radius 1 is 1.37 bits per heavy atom. The summed E-state index contributed by atoms with van der Waals surface area (Å²) in [4.78, 5) is 10.4. The molecule has 104 valence electrons. The van der Waals surface area contributed by atoms with Crippen LogP contribution in [0.2, 0.25) is 0 Å². The van der Waals surface area contributed by atoms with Gasteiger partial charge >= 0.3 is 0 Å². The molecular formula is C13H19N3O3. The summed E-state index contributed by atoms with van der Waals surface area (Å²) in [5.74, 6) is 0.710.